The van der Waals surface area contributed by atoms with E-state index in [1.807, 2.05) is 18.2 Å². The van der Waals surface area contributed by atoms with Crippen LogP contribution in [-0.2, 0) is 5.41 Å². The minimum Gasteiger partial charge on any atom is -0.422 e. The third-order valence-electron chi connectivity index (χ3n) is 2.95. The minimum atomic E-state index is -0.563. The average Bonchev–Trinajstić information content (AvgIpc) is 2.25. The van der Waals surface area contributed by atoms with Crippen LogP contribution in [0, 0.1) is 0 Å². The summed E-state index contributed by atoms with van der Waals surface area (Å²) in [6.45, 7) is 7.54. The predicted molar refractivity (Wildman–Crippen MR) is 71.2 cm³/mol. The van der Waals surface area contributed by atoms with E-state index in [0.29, 0.717) is 5.58 Å². The number of ketones is 1. The van der Waals surface area contributed by atoms with Crippen LogP contribution in [0.25, 0.3) is 11.0 Å². The van der Waals surface area contributed by atoms with Crippen molar-refractivity contribution in [3.05, 3.63) is 45.8 Å². The van der Waals surface area contributed by atoms with E-state index in [1.54, 1.807) is 6.07 Å². The lowest BCUT2D eigenvalue weighted by Gasteiger charge is -2.19. The van der Waals surface area contributed by atoms with Gasteiger partial charge in [-0.2, -0.15) is 0 Å². The summed E-state index contributed by atoms with van der Waals surface area (Å²) in [5.74, 6) is -0.271. The molecule has 0 N–H and O–H groups in total. The molecule has 3 nitrogen and oxygen atoms in total. The molecule has 18 heavy (non-hydrogen) atoms. The Bertz CT molecular complexity index is 672. The Hall–Kier alpha value is -1.90. The Morgan fingerprint density at radius 1 is 1.22 bits per heavy atom. The SMILES string of the molecule is CC(=O)c1cc2cccc(C(C)(C)C)c2oc1=O. The highest BCUT2D eigenvalue weighted by atomic mass is 16.4. The van der Waals surface area contributed by atoms with Crippen molar-refractivity contribution in [1.82, 2.24) is 0 Å². The molecular weight excluding hydrogens is 228 g/mol. The summed E-state index contributed by atoms with van der Waals surface area (Å²) in [5, 5.41) is 0.784. The number of carbonyl (C=O) groups is 1. The molecule has 0 aliphatic carbocycles. The first-order chi connectivity index (χ1) is 8.30. The Balaban J connectivity index is 2.85. The van der Waals surface area contributed by atoms with E-state index in [9.17, 15) is 9.59 Å². The van der Waals surface area contributed by atoms with Crippen molar-refractivity contribution in [2.24, 2.45) is 0 Å². The van der Waals surface area contributed by atoms with Crippen LogP contribution >= 0.6 is 0 Å². The molecule has 0 aliphatic rings. The molecule has 0 radical (unpaired) electrons. The van der Waals surface area contributed by atoms with Gasteiger partial charge in [-0.15, -0.1) is 0 Å². The monoisotopic (exact) mass is 244 g/mol. The molecular formula is C15H16O3. The first-order valence-electron chi connectivity index (χ1n) is 5.89. The lowest BCUT2D eigenvalue weighted by molar-refractivity contribution is 0.101. The fourth-order valence-electron chi connectivity index (χ4n) is 1.98. The summed E-state index contributed by atoms with van der Waals surface area (Å²) in [7, 11) is 0. The molecule has 1 aromatic carbocycles. The van der Waals surface area contributed by atoms with Crippen molar-refractivity contribution in [2.45, 2.75) is 33.1 Å². The zero-order valence-corrected chi connectivity index (χ0v) is 11.0. The van der Waals surface area contributed by atoms with Crippen molar-refractivity contribution >= 4 is 16.8 Å². The van der Waals surface area contributed by atoms with Crippen molar-refractivity contribution in [3.8, 4) is 0 Å². The molecule has 3 heteroatoms. The second kappa shape index (κ2) is 4.09. The fraction of sp³-hybridized carbons (Fsp3) is 0.333. The highest BCUT2D eigenvalue weighted by Crippen LogP contribution is 2.29. The summed E-state index contributed by atoms with van der Waals surface area (Å²) >= 11 is 0. The molecule has 94 valence electrons. The Morgan fingerprint density at radius 2 is 1.89 bits per heavy atom. The molecule has 0 amide bonds. The Labute approximate surface area is 105 Å². The number of benzene rings is 1. The van der Waals surface area contributed by atoms with Crippen LogP contribution in [0.2, 0.25) is 0 Å². The van der Waals surface area contributed by atoms with E-state index in [2.05, 4.69) is 20.8 Å². The summed E-state index contributed by atoms with van der Waals surface area (Å²) in [6.07, 6.45) is 0. The van der Waals surface area contributed by atoms with Gasteiger partial charge >= 0.3 is 5.63 Å². The molecule has 2 rings (SSSR count). The van der Waals surface area contributed by atoms with Gasteiger partial charge in [-0.1, -0.05) is 39.0 Å². The highest BCUT2D eigenvalue weighted by Gasteiger charge is 2.19. The number of rotatable bonds is 1. The highest BCUT2D eigenvalue weighted by molar-refractivity contribution is 5.96. The van der Waals surface area contributed by atoms with Crippen molar-refractivity contribution in [2.75, 3.05) is 0 Å². The Morgan fingerprint density at radius 3 is 2.44 bits per heavy atom. The van der Waals surface area contributed by atoms with Crippen LogP contribution < -0.4 is 5.63 Å². The maximum absolute atomic E-state index is 11.8. The maximum atomic E-state index is 11.8. The summed E-state index contributed by atoms with van der Waals surface area (Å²) < 4.78 is 5.34. The molecule has 0 saturated carbocycles. The van der Waals surface area contributed by atoms with Gasteiger partial charge in [-0.05, 0) is 18.4 Å². The maximum Gasteiger partial charge on any atom is 0.347 e. The van der Waals surface area contributed by atoms with Crippen LogP contribution in [0.4, 0.5) is 0 Å². The lowest BCUT2D eigenvalue weighted by Crippen LogP contribution is -2.15. The van der Waals surface area contributed by atoms with Gasteiger partial charge in [0.25, 0.3) is 0 Å². The molecule has 0 fully saturated rings. The zero-order chi connectivity index (χ0) is 13.5. The molecule has 0 atom stereocenters. The molecule has 0 unspecified atom stereocenters. The van der Waals surface area contributed by atoms with Gasteiger partial charge in [0.05, 0.1) is 0 Å². The lowest BCUT2D eigenvalue weighted by atomic mass is 9.86. The van der Waals surface area contributed by atoms with Gasteiger partial charge in [0, 0.05) is 10.9 Å². The van der Waals surface area contributed by atoms with Crippen LogP contribution in [0.3, 0.4) is 0 Å². The van der Waals surface area contributed by atoms with Gasteiger partial charge in [0.1, 0.15) is 11.1 Å². The van der Waals surface area contributed by atoms with E-state index in [-0.39, 0.29) is 16.8 Å². The van der Waals surface area contributed by atoms with Gasteiger partial charge < -0.3 is 4.42 Å². The molecule has 0 saturated heterocycles. The molecule has 0 spiro atoms. The van der Waals surface area contributed by atoms with Gasteiger partial charge in [-0.25, -0.2) is 4.79 Å². The first-order valence-corrected chi connectivity index (χ1v) is 5.89. The molecule has 2 aromatic rings. The van der Waals surface area contributed by atoms with Gasteiger partial charge in [0.15, 0.2) is 5.78 Å². The second-order valence-electron chi connectivity index (χ2n) is 5.48. The van der Waals surface area contributed by atoms with E-state index in [0.717, 1.165) is 10.9 Å². The molecule has 1 heterocycles. The van der Waals surface area contributed by atoms with Gasteiger partial charge in [0.2, 0.25) is 0 Å². The third-order valence-corrected chi connectivity index (χ3v) is 2.95. The number of hydrogen-bond acceptors (Lipinski definition) is 3. The summed E-state index contributed by atoms with van der Waals surface area (Å²) in [6, 6.07) is 7.31. The number of fused-ring (bicyclic) bond motifs is 1. The predicted octanol–water partition coefficient (Wildman–Crippen LogP) is 3.29. The zero-order valence-electron chi connectivity index (χ0n) is 11.0. The first kappa shape index (κ1) is 12.6. The van der Waals surface area contributed by atoms with E-state index < -0.39 is 5.63 Å². The minimum absolute atomic E-state index is 0.105. The van der Waals surface area contributed by atoms with E-state index in [4.69, 9.17) is 4.42 Å². The van der Waals surface area contributed by atoms with Crippen LogP contribution in [0.5, 0.6) is 0 Å². The van der Waals surface area contributed by atoms with Gasteiger partial charge in [-0.3, -0.25) is 4.79 Å². The van der Waals surface area contributed by atoms with Crippen LogP contribution in [0.15, 0.2) is 33.5 Å². The summed E-state index contributed by atoms with van der Waals surface area (Å²) in [5.41, 5.74) is 0.958. The summed E-state index contributed by atoms with van der Waals surface area (Å²) in [4.78, 5) is 23.1. The molecule has 1 aromatic heterocycles. The third kappa shape index (κ3) is 2.08. The largest absolute Gasteiger partial charge is 0.422 e. The second-order valence-corrected chi connectivity index (χ2v) is 5.48. The van der Waals surface area contributed by atoms with Crippen LogP contribution in [-0.4, -0.2) is 5.78 Å². The quantitative estimate of drug-likeness (QED) is 0.571. The number of carbonyl (C=O) groups excluding carboxylic acids is 1. The normalized spacial score (nSPS) is 11.8. The van der Waals surface area contributed by atoms with E-state index in [1.165, 1.54) is 6.92 Å². The number of Topliss-reactive ketones (excluding diaryl/α,β-unsaturated/α-hetero) is 1. The standard InChI is InChI=1S/C15H16O3/c1-9(16)11-8-10-6-5-7-12(15(2,3)4)13(10)18-14(11)17/h5-8H,1-4H3. The topological polar surface area (TPSA) is 47.3 Å². The average molecular weight is 244 g/mol. The molecule has 0 aliphatic heterocycles. The van der Waals surface area contributed by atoms with Crippen molar-refractivity contribution in [3.63, 3.8) is 0 Å². The van der Waals surface area contributed by atoms with E-state index >= 15 is 0 Å². The molecule has 0 bridgehead atoms. The van der Waals surface area contributed by atoms with Crippen LogP contribution in [0.1, 0.15) is 43.6 Å². The van der Waals surface area contributed by atoms with Crippen molar-refractivity contribution < 1.29 is 9.21 Å². The Kier molecular flexibility index (Phi) is 2.85. The van der Waals surface area contributed by atoms with Crippen molar-refractivity contribution in [1.29, 1.82) is 0 Å². The smallest absolute Gasteiger partial charge is 0.347 e. The fourth-order valence-corrected chi connectivity index (χ4v) is 1.98. The number of para-hydroxylation sites is 1. The number of hydrogen-bond donors (Lipinski definition) is 0.